The summed E-state index contributed by atoms with van der Waals surface area (Å²) < 4.78 is 38.0. The van der Waals surface area contributed by atoms with E-state index in [-0.39, 0.29) is 27.6 Å². The second-order valence-electron chi connectivity index (χ2n) is 3.72. The standard InChI is InChI=1S/C10H9F3N6S/c11-10(12,13)4-1-5(14)17-8(2-4)20-9-18-6(15)3-7(16)19-9/h1-3H,(H2,14,17)(H4,15,16,18,19). The topological polar surface area (TPSA) is 117 Å². The maximum absolute atomic E-state index is 12.7. The van der Waals surface area contributed by atoms with E-state index in [1.54, 1.807) is 0 Å². The van der Waals surface area contributed by atoms with Gasteiger partial charge in [-0.2, -0.15) is 13.2 Å². The zero-order valence-electron chi connectivity index (χ0n) is 9.85. The third kappa shape index (κ3) is 3.41. The van der Waals surface area contributed by atoms with Crippen LogP contribution in [0.25, 0.3) is 0 Å². The van der Waals surface area contributed by atoms with Gasteiger partial charge in [-0.25, -0.2) is 15.0 Å². The molecular weight excluding hydrogens is 293 g/mol. The van der Waals surface area contributed by atoms with E-state index in [2.05, 4.69) is 15.0 Å². The predicted molar refractivity (Wildman–Crippen MR) is 68.6 cm³/mol. The Balaban J connectivity index is 2.36. The van der Waals surface area contributed by atoms with E-state index in [1.165, 1.54) is 6.07 Å². The quantitative estimate of drug-likeness (QED) is 0.724. The molecular formula is C10H9F3N6S. The lowest BCUT2D eigenvalue weighted by molar-refractivity contribution is -0.137. The Hall–Kier alpha value is -2.23. The SMILES string of the molecule is Nc1cc(C(F)(F)F)cc(Sc2nc(N)cc(N)n2)n1. The first-order chi connectivity index (χ1) is 9.24. The first-order valence-electron chi connectivity index (χ1n) is 5.16. The zero-order chi connectivity index (χ0) is 14.9. The Morgan fingerprint density at radius 3 is 1.95 bits per heavy atom. The van der Waals surface area contributed by atoms with Gasteiger partial charge in [0.05, 0.1) is 5.56 Å². The molecule has 2 aromatic heterocycles. The molecule has 0 aliphatic carbocycles. The minimum absolute atomic E-state index is 0.00215. The molecule has 0 aliphatic rings. The normalized spacial score (nSPS) is 11.6. The lowest BCUT2D eigenvalue weighted by Crippen LogP contribution is -2.07. The summed E-state index contributed by atoms with van der Waals surface area (Å²) in [6, 6.07) is 2.93. The van der Waals surface area contributed by atoms with Gasteiger partial charge < -0.3 is 17.2 Å². The Bertz CT molecular complexity index is 625. The van der Waals surface area contributed by atoms with Crippen LogP contribution in [0.4, 0.5) is 30.6 Å². The van der Waals surface area contributed by atoms with Crippen molar-refractivity contribution in [1.82, 2.24) is 15.0 Å². The minimum atomic E-state index is -4.51. The van der Waals surface area contributed by atoms with Gasteiger partial charge in [0.15, 0.2) is 5.16 Å². The highest BCUT2D eigenvalue weighted by Crippen LogP contribution is 2.34. The lowest BCUT2D eigenvalue weighted by atomic mass is 10.2. The minimum Gasteiger partial charge on any atom is -0.384 e. The highest BCUT2D eigenvalue weighted by atomic mass is 32.2. The van der Waals surface area contributed by atoms with Crippen molar-refractivity contribution < 1.29 is 13.2 Å². The largest absolute Gasteiger partial charge is 0.416 e. The van der Waals surface area contributed by atoms with Crippen molar-refractivity contribution in [3.63, 3.8) is 0 Å². The number of hydrogen-bond donors (Lipinski definition) is 3. The van der Waals surface area contributed by atoms with E-state index < -0.39 is 11.7 Å². The van der Waals surface area contributed by atoms with E-state index in [0.717, 1.165) is 23.9 Å². The highest BCUT2D eigenvalue weighted by molar-refractivity contribution is 7.99. The van der Waals surface area contributed by atoms with Gasteiger partial charge >= 0.3 is 6.18 Å². The summed E-state index contributed by atoms with van der Waals surface area (Å²) in [7, 11) is 0. The van der Waals surface area contributed by atoms with Crippen molar-refractivity contribution in [1.29, 1.82) is 0 Å². The summed E-state index contributed by atoms with van der Waals surface area (Å²) in [4.78, 5) is 11.5. The second-order valence-corrected chi connectivity index (χ2v) is 4.71. The van der Waals surface area contributed by atoms with E-state index in [0.29, 0.717) is 0 Å². The molecule has 0 saturated carbocycles. The first-order valence-corrected chi connectivity index (χ1v) is 5.98. The van der Waals surface area contributed by atoms with Gasteiger partial charge in [0, 0.05) is 6.07 Å². The van der Waals surface area contributed by atoms with Crippen LogP contribution in [0, 0.1) is 0 Å². The summed E-state index contributed by atoms with van der Waals surface area (Å²) in [6.45, 7) is 0. The van der Waals surface area contributed by atoms with Crippen molar-refractivity contribution in [3.05, 3.63) is 23.8 Å². The van der Waals surface area contributed by atoms with E-state index in [1.807, 2.05) is 0 Å². The number of pyridine rings is 1. The van der Waals surface area contributed by atoms with Crippen molar-refractivity contribution in [2.45, 2.75) is 16.4 Å². The monoisotopic (exact) mass is 302 g/mol. The van der Waals surface area contributed by atoms with Crippen LogP contribution in [0.3, 0.4) is 0 Å². The van der Waals surface area contributed by atoms with Crippen LogP contribution < -0.4 is 17.2 Å². The molecule has 0 spiro atoms. The predicted octanol–water partition coefficient (Wildman–Crippen LogP) is 1.79. The molecule has 106 valence electrons. The van der Waals surface area contributed by atoms with Crippen LogP contribution in [-0.4, -0.2) is 15.0 Å². The molecule has 0 atom stereocenters. The Morgan fingerprint density at radius 2 is 1.40 bits per heavy atom. The molecule has 20 heavy (non-hydrogen) atoms. The summed E-state index contributed by atoms with van der Waals surface area (Å²) >= 11 is 0.787. The average molecular weight is 302 g/mol. The van der Waals surface area contributed by atoms with Crippen molar-refractivity contribution in [3.8, 4) is 0 Å². The molecule has 0 aliphatic heterocycles. The molecule has 0 amide bonds. The third-order valence-electron chi connectivity index (χ3n) is 2.09. The molecule has 6 nitrogen and oxygen atoms in total. The number of hydrogen-bond acceptors (Lipinski definition) is 7. The summed E-state index contributed by atoms with van der Waals surface area (Å²) in [5.74, 6) is -0.0286. The van der Waals surface area contributed by atoms with Crippen LogP contribution in [-0.2, 0) is 6.18 Å². The number of nitrogen functional groups attached to an aromatic ring is 3. The number of halogens is 3. The maximum atomic E-state index is 12.7. The molecule has 6 N–H and O–H groups in total. The van der Waals surface area contributed by atoms with Crippen LogP contribution >= 0.6 is 11.8 Å². The number of alkyl halides is 3. The molecule has 2 heterocycles. The molecule has 0 radical (unpaired) electrons. The van der Waals surface area contributed by atoms with Gasteiger partial charge in [-0.3, -0.25) is 0 Å². The number of nitrogens with two attached hydrogens (primary N) is 3. The van der Waals surface area contributed by atoms with Gasteiger partial charge in [0.1, 0.15) is 22.5 Å². The molecule has 2 rings (SSSR count). The van der Waals surface area contributed by atoms with Crippen LogP contribution in [0.15, 0.2) is 28.4 Å². The average Bonchev–Trinajstić information content (AvgIpc) is 2.25. The summed E-state index contributed by atoms with van der Waals surface area (Å²) in [5, 5.41) is 0.0936. The molecule has 0 unspecified atom stereocenters. The van der Waals surface area contributed by atoms with Crippen molar-refractivity contribution in [2.75, 3.05) is 17.2 Å². The van der Waals surface area contributed by atoms with Gasteiger partial charge in [-0.1, -0.05) is 0 Å². The number of rotatable bonds is 2. The lowest BCUT2D eigenvalue weighted by Gasteiger charge is -2.09. The smallest absolute Gasteiger partial charge is 0.384 e. The molecule has 0 bridgehead atoms. The van der Waals surface area contributed by atoms with Gasteiger partial charge in [0.25, 0.3) is 0 Å². The van der Waals surface area contributed by atoms with E-state index in [9.17, 15) is 13.2 Å². The van der Waals surface area contributed by atoms with E-state index in [4.69, 9.17) is 17.2 Å². The maximum Gasteiger partial charge on any atom is 0.416 e. The van der Waals surface area contributed by atoms with Gasteiger partial charge in [0.2, 0.25) is 0 Å². The molecule has 0 fully saturated rings. The van der Waals surface area contributed by atoms with Crippen LogP contribution in [0.1, 0.15) is 5.56 Å². The molecule has 2 aromatic rings. The molecule has 0 saturated heterocycles. The van der Waals surface area contributed by atoms with Crippen LogP contribution in [0.5, 0.6) is 0 Å². The fourth-order valence-electron chi connectivity index (χ4n) is 1.34. The van der Waals surface area contributed by atoms with Crippen LogP contribution in [0.2, 0.25) is 0 Å². The zero-order valence-corrected chi connectivity index (χ0v) is 10.7. The fraction of sp³-hybridized carbons (Fsp3) is 0.100. The number of aromatic nitrogens is 3. The molecule has 0 aromatic carbocycles. The number of nitrogens with zero attached hydrogens (tertiary/aromatic N) is 3. The second kappa shape index (κ2) is 5.04. The van der Waals surface area contributed by atoms with E-state index >= 15 is 0 Å². The first kappa shape index (κ1) is 14.2. The summed E-state index contributed by atoms with van der Waals surface area (Å²) in [5.41, 5.74) is 15.4. The van der Waals surface area contributed by atoms with Crippen molar-refractivity contribution >= 4 is 29.2 Å². The molecule has 10 heteroatoms. The third-order valence-corrected chi connectivity index (χ3v) is 2.87. The van der Waals surface area contributed by atoms with Crippen molar-refractivity contribution in [2.24, 2.45) is 0 Å². The summed E-state index contributed by atoms with van der Waals surface area (Å²) in [6.07, 6.45) is -4.51. The Kier molecular flexibility index (Phi) is 3.57. The van der Waals surface area contributed by atoms with Gasteiger partial charge in [-0.15, -0.1) is 0 Å². The number of anilines is 3. The van der Waals surface area contributed by atoms with Gasteiger partial charge in [-0.05, 0) is 23.9 Å². The highest BCUT2D eigenvalue weighted by Gasteiger charge is 2.31. The Morgan fingerprint density at radius 1 is 0.850 bits per heavy atom. The Labute approximate surface area is 115 Å². The fourth-order valence-corrected chi connectivity index (χ4v) is 2.17.